The summed E-state index contributed by atoms with van der Waals surface area (Å²) in [6.45, 7) is 6.22. The summed E-state index contributed by atoms with van der Waals surface area (Å²) in [6, 6.07) is 0.0612. The van der Waals surface area contributed by atoms with Crippen molar-refractivity contribution in [2.24, 2.45) is 23.7 Å². The summed E-state index contributed by atoms with van der Waals surface area (Å²) in [5.41, 5.74) is -0.194. The number of aryl methyl sites for hydroxylation is 1. The molecule has 0 spiro atoms. The van der Waals surface area contributed by atoms with Crippen molar-refractivity contribution in [1.29, 1.82) is 0 Å². The SMILES string of the molecule is CCS(=O)(=O)CCn1ncc(C(=O)N[C@H]2C3CC4CC2C[C@](O)(C4)C3)c1OCC(C)C. The van der Waals surface area contributed by atoms with Crippen LogP contribution in [0.2, 0.25) is 0 Å². The number of ether oxygens (including phenoxy) is 1. The number of carbonyl (C=O) groups is 1. The lowest BCUT2D eigenvalue weighted by atomic mass is 9.52. The Morgan fingerprint density at radius 1 is 1.32 bits per heavy atom. The average molecular weight is 454 g/mol. The molecule has 9 heteroatoms. The molecule has 0 saturated heterocycles. The molecule has 1 aromatic rings. The molecule has 4 saturated carbocycles. The molecule has 4 aliphatic rings. The van der Waals surface area contributed by atoms with Crippen LogP contribution >= 0.6 is 0 Å². The number of hydrogen-bond donors (Lipinski definition) is 2. The van der Waals surface area contributed by atoms with E-state index in [1.165, 1.54) is 10.9 Å². The van der Waals surface area contributed by atoms with Gasteiger partial charge in [0.15, 0.2) is 9.84 Å². The van der Waals surface area contributed by atoms with Gasteiger partial charge >= 0.3 is 0 Å². The molecule has 0 radical (unpaired) electrons. The van der Waals surface area contributed by atoms with Gasteiger partial charge < -0.3 is 15.2 Å². The molecular weight excluding hydrogens is 418 g/mol. The molecule has 1 heterocycles. The lowest BCUT2D eigenvalue weighted by molar-refractivity contribution is -0.136. The van der Waals surface area contributed by atoms with Crippen molar-refractivity contribution in [3.05, 3.63) is 11.8 Å². The zero-order chi connectivity index (χ0) is 22.4. The minimum Gasteiger partial charge on any atom is -0.477 e. The average Bonchev–Trinajstić information content (AvgIpc) is 3.09. The van der Waals surface area contributed by atoms with Crippen molar-refractivity contribution in [3.63, 3.8) is 0 Å². The molecule has 1 aromatic heterocycles. The molecule has 2 N–H and O–H groups in total. The van der Waals surface area contributed by atoms with E-state index in [0.717, 1.165) is 32.1 Å². The summed E-state index contributed by atoms with van der Waals surface area (Å²) in [4.78, 5) is 13.2. The van der Waals surface area contributed by atoms with E-state index in [9.17, 15) is 18.3 Å². The van der Waals surface area contributed by atoms with Crippen molar-refractivity contribution in [3.8, 4) is 5.88 Å². The van der Waals surface area contributed by atoms with Gasteiger partial charge in [-0.25, -0.2) is 13.1 Å². The lowest BCUT2D eigenvalue weighted by Crippen LogP contribution is -2.61. The molecule has 4 bridgehead atoms. The quantitative estimate of drug-likeness (QED) is 0.592. The largest absolute Gasteiger partial charge is 0.477 e. The Balaban J connectivity index is 1.50. The molecular formula is C22H35N3O5S. The topological polar surface area (TPSA) is 111 Å². The molecule has 31 heavy (non-hydrogen) atoms. The molecule has 5 rings (SSSR count). The minimum absolute atomic E-state index is 0.0446. The zero-order valence-corrected chi connectivity index (χ0v) is 19.5. The Bertz CT molecular complexity index is 910. The van der Waals surface area contributed by atoms with Gasteiger partial charge in [0.2, 0.25) is 5.88 Å². The molecule has 0 aromatic carbocycles. The first-order valence-electron chi connectivity index (χ1n) is 11.5. The van der Waals surface area contributed by atoms with Crippen molar-refractivity contribution >= 4 is 15.7 Å². The highest BCUT2D eigenvalue weighted by Gasteiger charge is 2.55. The van der Waals surface area contributed by atoms with Gasteiger partial charge in [-0.3, -0.25) is 4.79 Å². The Morgan fingerprint density at radius 2 is 2.00 bits per heavy atom. The Kier molecular flexibility index (Phi) is 6.11. The van der Waals surface area contributed by atoms with Gasteiger partial charge in [0.25, 0.3) is 5.91 Å². The Labute approximate surface area is 184 Å². The molecule has 2 unspecified atom stereocenters. The maximum atomic E-state index is 13.2. The Morgan fingerprint density at radius 3 is 2.58 bits per heavy atom. The number of aromatic nitrogens is 2. The Hall–Kier alpha value is -1.61. The highest BCUT2D eigenvalue weighted by Crippen LogP contribution is 2.55. The van der Waals surface area contributed by atoms with Gasteiger partial charge in [0, 0.05) is 11.8 Å². The van der Waals surface area contributed by atoms with E-state index >= 15 is 0 Å². The van der Waals surface area contributed by atoms with Crippen molar-refractivity contribution in [2.45, 2.75) is 71.1 Å². The second kappa shape index (κ2) is 8.39. The van der Waals surface area contributed by atoms with Crippen molar-refractivity contribution in [2.75, 3.05) is 18.1 Å². The summed E-state index contributed by atoms with van der Waals surface area (Å²) < 4.78 is 31.3. The van der Waals surface area contributed by atoms with Crippen LogP contribution in [0.3, 0.4) is 0 Å². The maximum Gasteiger partial charge on any atom is 0.258 e. The second-order valence-electron chi connectivity index (χ2n) is 10.2. The number of amides is 1. The summed E-state index contributed by atoms with van der Waals surface area (Å²) in [6.07, 6.45) is 6.03. The number of aliphatic hydroxyl groups is 1. The van der Waals surface area contributed by atoms with Crippen LogP contribution in [0.15, 0.2) is 6.20 Å². The molecule has 8 nitrogen and oxygen atoms in total. The predicted molar refractivity (Wildman–Crippen MR) is 117 cm³/mol. The normalized spacial score (nSPS) is 31.9. The third-order valence-electron chi connectivity index (χ3n) is 7.18. The monoisotopic (exact) mass is 453 g/mol. The molecule has 2 atom stereocenters. The molecule has 4 aliphatic carbocycles. The predicted octanol–water partition coefficient (Wildman–Crippen LogP) is 2.02. The van der Waals surface area contributed by atoms with Gasteiger partial charge in [-0.05, 0) is 55.8 Å². The standard InChI is InChI=1S/C22H35N3O5S/c1-4-31(28,29)6-5-25-21(30-13-14(2)3)18(12-23-25)20(26)24-19-16-7-15-8-17(19)11-22(27,9-15)10-16/h12,14-17,19,27H,4-11,13H2,1-3H3,(H,24,26)/t15?,16?,17?,19-,22-. The first-order valence-corrected chi connectivity index (χ1v) is 13.3. The van der Waals surface area contributed by atoms with Gasteiger partial charge in [-0.2, -0.15) is 5.10 Å². The third kappa shape index (κ3) is 4.77. The second-order valence-corrected chi connectivity index (χ2v) is 12.7. The number of rotatable bonds is 9. The fourth-order valence-electron chi connectivity index (χ4n) is 5.90. The summed E-state index contributed by atoms with van der Waals surface area (Å²) in [5.74, 6) is 1.58. The smallest absolute Gasteiger partial charge is 0.258 e. The number of sulfone groups is 1. The highest BCUT2D eigenvalue weighted by atomic mass is 32.2. The van der Waals surface area contributed by atoms with Crippen LogP contribution in [0.4, 0.5) is 0 Å². The van der Waals surface area contributed by atoms with Crippen LogP contribution in [0.5, 0.6) is 5.88 Å². The zero-order valence-electron chi connectivity index (χ0n) is 18.7. The van der Waals surface area contributed by atoms with Gasteiger partial charge in [0.1, 0.15) is 5.56 Å². The fourth-order valence-corrected chi connectivity index (χ4v) is 6.64. The van der Waals surface area contributed by atoms with E-state index < -0.39 is 15.4 Å². The van der Waals surface area contributed by atoms with Crippen molar-refractivity contribution in [1.82, 2.24) is 15.1 Å². The van der Waals surface area contributed by atoms with Crippen molar-refractivity contribution < 1.29 is 23.1 Å². The fraction of sp³-hybridized carbons (Fsp3) is 0.818. The van der Waals surface area contributed by atoms with Crippen LogP contribution in [0.1, 0.15) is 63.2 Å². The lowest BCUT2D eigenvalue weighted by Gasteiger charge is -2.58. The van der Waals surface area contributed by atoms with E-state index in [1.807, 2.05) is 13.8 Å². The number of carbonyl (C=O) groups excluding carboxylic acids is 1. The third-order valence-corrected chi connectivity index (χ3v) is 8.87. The minimum atomic E-state index is -3.16. The highest BCUT2D eigenvalue weighted by molar-refractivity contribution is 7.91. The van der Waals surface area contributed by atoms with E-state index in [2.05, 4.69) is 10.4 Å². The van der Waals surface area contributed by atoms with Crippen LogP contribution in [0, 0.1) is 23.7 Å². The summed E-state index contributed by atoms with van der Waals surface area (Å²) >= 11 is 0. The first-order chi connectivity index (χ1) is 14.6. The molecule has 174 valence electrons. The van der Waals surface area contributed by atoms with E-state index in [4.69, 9.17) is 4.74 Å². The number of nitrogens with one attached hydrogen (secondary N) is 1. The number of nitrogens with zero attached hydrogens (tertiary/aromatic N) is 2. The van der Waals surface area contributed by atoms with Gasteiger partial charge in [-0.1, -0.05) is 20.8 Å². The molecule has 4 fully saturated rings. The van der Waals surface area contributed by atoms with E-state index in [0.29, 0.717) is 35.8 Å². The van der Waals surface area contributed by atoms with Crippen LogP contribution < -0.4 is 10.1 Å². The first kappa shape index (κ1) is 22.6. The van der Waals surface area contributed by atoms with Crippen LogP contribution in [-0.4, -0.2) is 59.0 Å². The number of hydrogen-bond acceptors (Lipinski definition) is 6. The van der Waals surface area contributed by atoms with Gasteiger partial charge in [0.05, 0.1) is 30.7 Å². The van der Waals surface area contributed by atoms with Crippen LogP contribution in [0.25, 0.3) is 0 Å². The van der Waals surface area contributed by atoms with Crippen LogP contribution in [-0.2, 0) is 16.4 Å². The maximum absolute atomic E-state index is 13.2. The molecule has 0 aliphatic heterocycles. The van der Waals surface area contributed by atoms with Gasteiger partial charge in [-0.15, -0.1) is 0 Å². The summed E-state index contributed by atoms with van der Waals surface area (Å²) in [5, 5.41) is 18.3. The molecule has 1 amide bonds. The summed E-state index contributed by atoms with van der Waals surface area (Å²) in [7, 11) is -3.16. The van der Waals surface area contributed by atoms with E-state index in [-0.39, 0.29) is 35.9 Å². The van der Waals surface area contributed by atoms with E-state index in [1.54, 1.807) is 6.92 Å².